The molecule has 0 fully saturated rings. The largest absolute Gasteiger partial charge is 0.455 e. The van der Waals surface area contributed by atoms with Crippen LogP contribution in [-0.2, 0) is 0 Å². The van der Waals surface area contributed by atoms with Gasteiger partial charge in [0.15, 0.2) is 0 Å². The van der Waals surface area contributed by atoms with Crippen molar-refractivity contribution in [3.05, 3.63) is 230 Å². The van der Waals surface area contributed by atoms with E-state index < -0.39 is 72.2 Å². The van der Waals surface area contributed by atoms with E-state index in [-0.39, 0.29) is 45.7 Å². The zero-order valence-electron chi connectivity index (χ0n) is 44.9. The van der Waals surface area contributed by atoms with Crippen molar-refractivity contribution < 1.29 is 22.2 Å². The molecule has 0 amide bonds. The molecule has 0 saturated carbocycles. The van der Waals surface area contributed by atoms with Crippen LogP contribution in [0, 0.1) is 0 Å². The molecule has 0 aliphatic carbocycles. The lowest BCUT2D eigenvalue weighted by molar-refractivity contribution is 0.672. The van der Waals surface area contributed by atoms with Crippen LogP contribution in [0.15, 0.2) is 229 Å². The van der Waals surface area contributed by atoms with Crippen molar-refractivity contribution in [3.8, 4) is 33.4 Å². The maximum absolute atomic E-state index is 9.78. The van der Waals surface area contributed by atoms with Crippen LogP contribution >= 0.6 is 0 Å². The Morgan fingerprint density at radius 1 is 0.467 bits per heavy atom. The minimum Gasteiger partial charge on any atom is -0.455 e. The van der Waals surface area contributed by atoms with Crippen molar-refractivity contribution in [2.75, 3.05) is 4.90 Å². The Bertz CT molecular complexity index is 4180. The number of fused-ring (bicyclic) bond motifs is 8. The van der Waals surface area contributed by atoms with Gasteiger partial charge in [-0.1, -0.05) is 170 Å². The summed E-state index contributed by atoms with van der Waals surface area (Å²) in [6, 6.07) is 37.2. The van der Waals surface area contributed by atoms with E-state index >= 15 is 0 Å². The molecule has 1 aromatic heterocycles. The maximum atomic E-state index is 9.78. The SMILES string of the molecule is [2H]C(=C)/C([2H])=C(/[2H])c1cc(-c2c([2H])c([2H])c(N(c3ccccc3-c3ccc4oc5c6ccccc6ccc5c4c3)c3c([2H])c([2H])c(-c4ccc5c(ccc6ccccc65)c4)c([2H])c3[2H])c([2H])c2[2H])c([2H])cc1[2H]. The summed E-state index contributed by atoms with van der Waals surface area (Å²) in [4.78, 5) is 1.25. The first kappa shape index (κ1) is 24.1. The van der Waals surface area contributed by atoms with E-state index in [1.54, 1.807) is 30.3 Å². The predicted molar refractivity (Wildman–Crippen MR) is 256 cm³/mol. The van der Waals surface area contributed by atoms with Gasteiger partial charge in [0.2, 0.25) is 0 Å². The van der Waals surface area contributed by atoms with Crippen LogP contribution in [0.5, 0.6) is 0 Å². The highest BCUT2D eigenvalue weighted by molar-refractivity contribution is 6.16. The van der Waals surface area contributed by atoms with E-state index in [1.165, 1.54) is 4.90 Å². The average molecular weight is 779 g/mol. The second kappa shape index (κ2) is 14.8. The number of hydrogen-bond donors (Lipinski definition) is 0. The van der Waals surface area contributed by atoms with Gasteiger partial charge in [-0.15, -0.1) is 0 Å². The third-order valence-corrected chi connectivity index (χ3v) is 10.8. The summed E-state index contributed by atoms with van der Waals surface area (Å²) in [5.41, 5.74) is 1.57. The zero-order valence-corrected chi connectivity index (χ0v) is 31.9. The number of benzene rings is 10. The normalized spacial score (nSPS) is 15.0. The molecule has 0 spiro atoms. The van der Waals surface area contributed by atoms with Gasteiger partial charge in [0.25, 0.3) is 0 Å². The van der Waals surface area contributed by atoms with Crippen LogP contribution < -0.4 is 4.90 Å². The van der Waals surface area contributed by atoms with Crippen LogP contribution in [0.1, 0.15) is 23.4 Å². The first-order valence-corrected chi connectivity index (χ1v) is 19.4. The molecule has 2 nitrogen and oxygen atoms in total. The van der Waals surface area contributed by atoms with Crippen molar-refractivity contribution >= 4 is 77.4 Å². The fourth-order valence-electron chi connectivity index (χ4n) is 7.97. The molecular weight excluding hydrogens is 727 g/mol. The average Bonchev–Trinajstić information content (AvgIpc) is 3.78. The Balaban J connectivity index is 1.16. The molecule has 0 aliphatic rings. The molecule has 0 N–H and O–H groups in total. The Hall–Kier alpha value is -7.94. The molecule has 282 valence electrons. The van der Waals surface area contributed by atoms with Crippen LogP contribution in [0.2, 0.25) is 0 Å². The molecule has 0 saturated heterocycles. The molecule has 2 heteroatoms. The van der Waals surface area contributed by atoms with Crippen LogP contribution in [0.4, 0.5) is 17.1 Å². The zero-order chi connectivity index (χ0) is 51.3. The standard InChI is InChI=1S/C58H39NO/c1-2-3-11-39-12-10-15-44(36-39)40-22-29-48(30-23-40)59(49-31-24-41(25-32-49)45-27-33-51-46(37-45)21-20-42-13-4-6-16-50(42)51)56-19-9-8-17-52(56)47-28-35-57-55(38-47)54-34-26-43-14-5-7-18-53(43)58(54)60-57/h2-38H,1H2/b11-3-/i2D,3D,11D,12D,15D,22D,23D,24D,25D,29D,30D,31D,32D. The van der Waals surface area contributed by atoms with Gasteiger partial charge in [0, 0.05) is 33.1 Å². The van der Waals surface area contributed by atoms with E-state index in [0.717, 1.165) is 55.2 Å². The molecule has 0 bridgehead atoms. The Morgan fingerprint density at radius 3 is 1.90 bits per heavy atom. The summed E-state index contributed by atoms with van der Waals surface area (Å²) < 4.78 is 126. The Kier molecular flexibility index (Phi) is 5.93. The molecule has 60 heavy (non-hydrogen) atoms. The minimum absolute atomic E-state index is 0.0195. The fraction of sp³-hybridized carbons (Fsp3) is 0. The molecular formula is C58H39NO. The molecule has 1 heterocycles. The second-order valence-corrected chi connectivity index (χ2v) is 14.3. The topological polar surface area (TPSA) is 16.4 Å². The summed E-state index contributed by atoms with van der Waals surface area (Å²) in [6.45, 7) is 3.41. The van der Waals surface area contributed by atoms with E-state index in [1.807, 2.05) is 103 Å². The van der Waals surface area contributed by atoms with Crippen LogP contribution in [-0.4, -0.2) is 0 Å². The molecule has 0 atom stereocenters. The fourth-order valence-corrected chi connectivity index (χ4v) is 7.97. The van der Waals surface area contributed by atoms with Gasteiger partial charge in [-0.05, 0) is 121 Å². The maximum Gasteiger partial charge on any atom is 0.143 e. The number of nitrogens with zero attached hydrogens (tertiary/aromatic N) is 1. The van der Waals surface area contributed by atoms with Crippen molar-refractivity contribution in [3.63, 3.8) is 0 Å². The Morgan fingerprint density at radius 2 is 1.10 bits per heavy atom. The summed E-state index contributed by atoms with van der Waals surface area (Å²) in [5, 5.41) is 7.39. The number of hydrogen-bond acceptors (Lipinski definition) is 2. The Labute approximate surface area is 367 Å². The van der Waals surface area contributed by atoms with Crippen LogP contribution in [0.3, 0.4) is 0 Å². The minimum atomic E-state index is -0.657. The van der Waals surface area contributed by atoms with Gasteiger partial charge in [-0.3, -0.25) is 0 Å². The van der Waals surface area contributed by atoms with Crippen molar-refractivity contribution in [1.29, 1.82) is 0 Å². The lowest BCUT2D eigenvalue weighted by Gasteiger charge is -2.28. The number of rotatable bonds is 8. The number of furan rings is 1. The monoisotopic (exact) mass is 778 g/mol. The summed E-state index contributed by atoms with van der Waals surface area (Å²) in [5.74, 6) is 0. The highest BCUT2D eigenvalue weighted by Crippen LogP contribution is 2.44. The molecule has 11 aromatic rings. The quantitative estimate of drug-likeness (QED) is 0.113. The summed E-state index contributed by atoms with van der Waals surface area (Å²) >= 11 is 0. The number of para-hydroxylation sites is 1. The van der Waals surface area contributed by atoms with Gasteiger partial charge in [-0.25, -0.2) is 0 Å². The van der Waals surface area contributed by atoms with E-state index in [2.05, 4.69) is 6.58 Å². The summed E-state index contributed by atoms with van der Waals surface area (Å²) in [7, 11) is 0. The van der Waals surface area contributed by atoms with Crippen molar-refractivity contribution in [2.45, 2.75) is 0 Å². The molecule has 0 radical (unpaired) electrons. The van der Waals surface area contributed by atoms with Gasteiger partial charge in [0.1, 0.15) is 11.2 Å². The number of anilines is 3. The van der Waals surface area contributed by atoms with Crippen molar-refractivity contribution in [2.24, 2.45) is 0 Å². The van der Waals surface area contributed by atoms with Gasteiger partial charge in [-0.2, -0.15) is 0 Å². The summed E-state index contributed by atoms with van der Waals surface area (Å²) in [6.07, 6.45) is 0. The third kappa shape index (κ3) is 6.23. The predicted octanol–water partition coefficient (Wildman–Crippen LogP) is 16.7. The number of allylic oxidation sites excluding steroid dienone is 2. The van der Waals surface area contributed by atoms with Gasteiger partial charge in [0.05, 0.1) is 23.5 Å². The highest BCUT2D eigenvalue weighted by Gasteiger charge is 2.19. The lowest BCUT2D eigenvalue weighted by atomic mass is 9.97. The second-order valence-electron chi connectivity index (χ2n) is 14.3. The first-order valence-electron chi connectivity index (χ1n) is 25.9. The van der Waals surface area contributed by atoms with Crippen LogP contribution in [0.25, 0.3) is 93.7 Å². The lowest BCUT2D eigenvalue weighted by Crippen LogP contribution is -2.11. The first-order chi connectivity index (χ1) is 35.0. The van der Waals surface area contributed by atoms with Gasteiger partial charge < -0.3 is 9.32 Å². The molecule has 11 rings (SSSR count). The molecule has 10 aromatic carbocycles. The van der Waals surface area contributed by atoms with Crippen molar-refractivity contribution in [1.82, 2.24) is 0 Å². The molecule has 0 aliphatic heterocycles. The highest BCUT2D eigenvalue weighted by atomic mass is 16.3. The van der Waals surface area contributed by atoms with Gasteiger partial charge >= 0.3 is 0 Å². The van der Waals surface area contributed by atoms with E-state index in [4.69, 9.17) is 11.3 Å². The third-order valence-electron chi connectivity index (χ3n) is 10.8. The molecule has 0 unspecified atom stereocenters. The van der Waals surface area contributed by atoms with E-state index in [0.29, 0.717) is 27.9 Å². The van der Waals surface area contributed by atoms with E-state index in [9.17, 15) is 11.0 Å². The smallest absolute Gasteiger partial charge is 0.143 e.